The molecule has 1 aromatic carbocycles. The van der Waals surface area contributed by atoms with Gasteiger partial charge in [-0.2, -0.15) is 0 Å². The molecule has 1 aliphatic heterocycles. The Morgan fingerprint density at radius 2 is 1.90 bits per heavy atom. The van der Waals surface area contributed by atoms with E-state index in [2.05, 4.69) is 17.0 Å². The second-order valence-corrected chi connectivity index (χ2v) is 6.77. The van der Waals surface area contributed by atoms with Gasteiger partial charge in [-0.15, -0.1) is 0 Å². The van der Waals surface area contributed by atoms with Gasteiger partial charge in [0, 0.05) is 24.2 Å². The Balaban J connectivity index is 1.75. The van der Waals surface area contributed by atoms with Crippen molar-refractivity contribution in [2.24, 2.45) is 17.6 Å². The Kier molecular flexibility index (Phi) is 4.65. The third kappa shape index (κ3) is 2.88. The van der Waals surface area contributed by atoms with E-state index in [9.17, 15) is 0 Å². The Hall–Kier alpha value is -0.570. The van der Waals surface area contributed by atoms with E-state index in [1.807, 2.05) is 12.1 Å². The standard InChI is InChI=1S/C17H25ClN2/c18-16-8-4-3-7-15(16)17(11-19)20-10-9-13-5-1-2-6-14(13)12-20/h3-4,7-8,13-14,17H,1-2,5-6,9-12,19H2. The lowest BCUT2D eigenvalue weighted by molar-refractivity contribution is 0.0586. The Bertz CT molecular complexity index is 448. The molecule has 20 heavy (non-hydrogen) atoms. The Morgan fingerprint density at radius 3 is 2.65 bits per heavy atom. The third-order valence-electron chi connectivity index (χ3n) is 5.25. The van der Waals surface area contributed by atoms with E-state index in [0.717, 1.165) is 16.9 Å². The van der Waals surface area contributed by atoms with Crippen LogP contribution in [-0.2, 0) is 0 Å². The number of halogens is 1. The monoisotopic (exact) mass is 292 g/mol. The first-order valence-corrected chi connectivity index (χ1v) is 8.36. The van der Waals surface area contributed by atoms with Gasteiger partial charge < -0.3 is 5.73 Å². The average molecular weight is 293 g/mol. The molecule has 0 aromatic heterocycles. The van der Waals surface area contributed by atoms with Gasteiger partial charge in [-0.3, -0.25) is 4.90 Å². The maximum Gasteiger partial charge on any atom is 0.0485 e. The fourth-order valence-electron chi connectivity index (χ4n) is 4.13. The summed E-state index contributed by atoms with van der Waals surface area (Å²) in [6.45, 7) is 3.03. The number of rotatable bonds is 3. The van der Waals surface area contributed by atoms with Crippen molar-refractivity contribution in [3.63, 3.8) is 0 Å². The van der Waals surface area contributed by atoms with Gasteiger partial charge in [0.2, 0.25) is 0 Å². The first-order chi connectivity index (χ1) is 9.79. The number of benzene rings is 1. The number of likely N-dealkylation sites (tertiary alicyclic amines) is 1. The predicted octanol–water partition coefficient (Wildman–Crippen LogP) is 3.85. The van der Waals surface area contributed by atoms with Crippen molar-refractivity contribution in [3.05, 3.63) is 34.9 Å². The SMILES string of the molecule is NCC(c1ccccc1Cl)N1CCC2CCCCC2C1. The fraction of sp³-hybridized carbons (Fsp3) is 0.647. The molecule has 3 rings (SSSR count). The highest BCUT2D eigenvalue weighted by molar-refractivity contribution is 6.31. The zero-order valence-electron chi connectivity index (χ0n) is 12.1. The number of piperidine rings is 1. The summed E-state index contributed by atoms with van der Waals surface area (Å²) < 4.78 is 0. The van der Waals surface area contributed by atoms with Crippen LogP contribution in [0, 0.1) is 11.8 Å². The van der Waals surface area contributed by atoms with Crippen molar-refractivity contribution in [3.8, 4) is 0 Å². The smallest absolute Gasteiger partial charge is 0.0485 e. The van der Waals surface area contributed by atoms with Gasteiger partial charge in [0.25, 0.3) is 0 Å². The molecule has 3 heteroatoms. The molecule has 3 atom stereocenters. The summed E-state index contributed by atoms with van der Waals surface area (Å²) in [7, 11) is 0. The lowest BCUT2D eigenvalue weighted by Crippen LogP contribution is -2.45. The fourth-order valence-corrected chi connectivity index (χ4v) is 4.39. The predicted molar refractivity (Wildman–Crippen MR) is 84.9 cm³/mol. The van der Waals surface area contributed by atoms with Gasteiger partial charge in [-0.05, 0) is 42.9 Å². The summed E-state index contributed by atoms with van der Waals surface area (Å²) in [6.07, 6.45) is 7.03. The quantitative estimate of drug-likeness (QED) is 0.917. The van der Waals surface area contributed by atoms with Crippen molar-refractivity contribution in [2.45, 2.75) is 38.1 Å². The number of hydrogen-bond donors (Lipinski definition) is 1. The van der Waals surface area contributed by atoms with E-state index < -0.39 is 0 Å². The highest BCUT2D eigenvalue weighted by Gasteiger charge is 2.34. The largest absolute Gasteiger partial charge is 0.329 e. The zero-order valence-corrected chi connectivity index (χ0v) is 12.9. The summed E-state index contributed by atoms with van der Waals surface area (Å²) in [5, 5.41) is 0.855. The van der Waals surface area contributed by atoms with E-state index >= 15 is 0 Å². The minimum Gasteiger partial charge on any atom is -0.329 e. The van der Waals surface area contributed by atoms with E-state index in [-0.39, 0.29) is 6.04 Å². The normalized spacial score (nSPS) is 28.9. The number of hydrogen-bond acceptors (Lipinski definition) is 2. The second kappa shape index (κ2) is 6.46. The molecule has 110 valence electrons. The highest BCUT2D eigenvalue weighted by Crippen LogP contribution is 2.39. The van der Waals surface area contributed by atoms with E-state index in [1.54, 1.807) is 0 Å². The molecule has 2 N–H and O–H groups in total. The minimum absolute atomic E-state index is 0.284. The molecule has 3 unspecified atom stereocenters. The number of nitrogens with zero attached hydrogens (tertiary/aromatic N) is 1. The van der Waals surface area contributed by atoms with Crippen LogP contribution < -0.4 is 5.73 Å². The van der Waals surface area contributed by atoms with Gasteiger partial charge in [0.15, 0.2) is 0 Å². The van der Waals surface area contributed by atoms with Crippen LogP contribution in [0.5, 0.6) is 0 Å². The minimum atomic E-state index is 0.284. The van der Waals surface area contributed by atoms with Crippen LogP contribution in [0.25, 0.3) is 0 Å². The molecule has 1 heterocycles. The van der Waals surface area contributed by atoms with Gasteiger partial charge in [-0.25, -0.2) is 0 Å². The van der Waals surface area contributed by atoms with Crippen molar-refractivity contribution in [1.29, 1.82) is 0 Å². The summed E-state index contributed by atoms with van der Waals surface area (Å²) in [6, 6.07) is 8.45. The Morgan fingerprint density at radius 1 is 1.15 bits per heavy atom. The van der Waals surface area contributed by atoms with Crippen LogP contribution in [0.4, 0.5) is 0 Å². The summed E-state index contributed by atoms with van der Waals surface area (Å²) in [4.78, 5) is 2.58. The van der Waals surface area contributed by atoms with Crippen molar-refractivity contribution >= 4 is 11.6 Å². The van der Waals surface area contributed by atoms with Crippen LogP contribution in [-0.4, -0.2) is 24.5 Å². The summed E-state index contributed by atoms with van der Waals surface area (Å²) in [5.41, 5.74) is 7.27. The number of fused-ring (bicyclic) bond motifs is 1. The maximum atomic E-state index is 6.37. The highest BCUT2D eigenvalue weighted by atomic mass is 35.5. The molecular formula is C17H25ClN2. The zero-order chi connectivity index (χ0) is 13.9. The van der Waals surface area contributed by atoms with E-state index in [0.29, 0.717) is 6.54 Å². The van der Waals surface area contributed by atoms with E-state index in [1.165, 1.54) is 50.8 Å². The van der Waals surface area contributed by atoms with E-state index in [4.69, 9.17) is 17.3 Å². The molecule has 1 aromatic rings. The molecule has 0 radical (unpaired) electrons. The Labute approximate surface area is 127 Å². The average Bonchev–Trinajstić information content (AvgIpc) is 2.50. The van der Waals surface area contributed by atoms with Crippen LogP contribution in [0.1, 0.15) is 43.7 Å². The maximum absolute atomic E-state index is 6.37. The molecule has 1 saturated carbocycles. The molecule has 2 fully saturated rings. The van der Waals surface area contributed by atoms with Crippen LogP contribution >= 0.6 is 11.6 Å². The first kappa shape index (κ1) is 14.4. The van der Waals surface area contributed by atoms with Crippen molar-refractivity contribution < 1.29 is 0 Å². The second-order valence-electron chi connectivity index (χ2n) is 6.36. The molecule has 0 amide bonds. The van der Waals surface area contributed by atoms with Crippen LogP contribution in [0.2, 0.25) is 5.02 Å². The lowest BCUT2D eigenvalue weighted by atomic mass is 9.74. The topological polar surface area (TPSA) is 29.3 Å². The molecule has 1 aliphatic carbocycles. The number of nitrogens with two attached hydrogens (primary N) is 1. The van der Waals surface area contributed by atoms with Gasteiger partial charge in [-0.1, -0.05) is 49.1 Å². The summed E-state index contributed by atoms with van der Waals surface area (Å²) >= 11 is 6.37. The molecule has 2 nitrogen and oxygen atoms in total. The first-order valence-electron chi connectivity index (χ1n) is 7.98. The lowest BCUT2D eigenvalue weighted by Gasteiger charge is -2.44. The third-order valence-corrected chi connectivity index (χ3v) is 5.60. The van der Waals surface area contributed by atoms with Crippen LogP contribution in [0.3, 0.4) is 0 Å². The van der Waals surface area contributed by atoms with Gasteiger partial charge in [0.05, 0.1) is 0 Å². The summed E-state index contributed by atoms with van der Waals surface area (Å²) in [5.74, 6) is 1.85. The molecule has 0 spiro atoms. The van der Waals surface area contributed by atoms with Crippen molar-refractivity contribution in [1.82, 2.24) is 4.90 Å². The molecule has 0 bridgehead atoms. The van der Waals surface area contributed by atoms with Crippen LogP contribution in [0.15, 0.2) is 24.3 Å². The van der Waals surface area contributed by atoms with Gasteiger partial charge >= 0.3 is 0 Å². The molecule has 1 saturated heterocycles. The molecular weight excluding hydrogens is 268 g/mol. The van der Waals surface area contributed by atoms with Crippen molar-refractivity contribution in [2.75, 3.05) is 19.6 Å². The molecule has 2 aliphatic rings. The van der Waals surface area contributed by atoms with Gasteiger partial charge in [0.1, 0.15) is 0 Å².